The van der Waals surface area contributed by atoms with Gasteiger partial charge in [0.25, 0.3) is 0 Å². The number of hydrogen-bond donors (Lipinski definition) is 0. The van der Waals surface area contributed by atoms with Gasteiger partial charge in [-0.15, -0.1) is 0 Å². The summed E-state index contributed by atoms with van der Waals surface area (Å²) >= 11 is 20.6. The van der Waals surface area contributed by atoms with Crippen molar-refractivity contribution in [2.24, 2.45) is 11.8 Å². The fraction of sp³-hybridized carbons (Fsp3) is 0.850. The van der Waals surface area contributed by atoms with E-state index in [1.54, 1.807) is 11.8 Å². The summed E-state index contributed by atoms with van der Waals surface area (Å²) in [5, 5.41) is 0.0550. The molecule has 3 aliphatic rings. The third kappa shape index (κ3) is 4.29. The minimum absolute atomic E-state index is 0.0550. The van der Waals surface area contributed by atoms with Crippen LogP contribution in [-0.4, -0.2) is 47.1 Å². The minimum atomic E-state index is -2.05. The van der Waals surface area contributed by atoms with E-state index in [2.05, 4.69) is 33.9 Å². The first-order chi connectivity index (χ1) is 13.1. The molecule has 2 fully saturated rings. The van der Waals surface area contributed by atoms with E-state index in [1.807, 2.05) is 18.7 Å². The van der Waals surface area contributed by atoms with Gasteiger partial charge in [-0.1, -0.05) is 67.3 Å². The van der Waals surface area contributed by atoms with E-state index < -0.39 is 17.0 Å². The lowest BCUT2D eigenvalue weighted by Crippen LogP contribution is -2.71. The van der Waals surface area contributed by atoms with Crippen LogP contribution < -0.4 is 0 Å². The molecule has 3 rings (SSSR count). The molecule has 9 heteroatoms. The first kappa shape index (κ1) is 24.2. The number of thioether (sulfide) groups is 1. The first-order valence-corrected chi connectivity index (χ1v) is 15.0. The normalized spacial score (nSPS) is 31.9. The number of carbonyl (C=O) groups is 1. The summed E-state index contributed by atoms with van der Waals surface area (Å²) in [6.45, 7) is 16.5. The van der Waals surface area contributed by atoms with E-state index in [0.717, 1.165) is 18.7 Å². The average Bonchev–Trinajstić information content (AvgIpc) is 3.09. The van der Waals surface area contributed by atoms with Crippen LogP contribution >= 0.6 is 46.6 Å². The molecule has 0 spiro atoms. The largest absolute Gasteiger partial charge is 0.413 e. The summed E-state index contributed by atoms with van der Waals surface area (Å²) < 4.78 is 10.8. The van der Waals surface area contributed by atoms with Gasteiger partial charge < -0.3 is 9.16 Å². The molecule has 0 aromatic heterocycles. The molecule has 0 radical (unpaired) electrons. The van der Waals surface area contributed by atoms with E-state index in [-0.39, 0.29) is 29.4 Å². The summed E-state index contributed by atoms with van der Waals surface area (Å²) in [5.74, 6) is 0.0410. The number of carbonyl (C=O) groups excluding carboxylic acids is 1. The molecule has 0 bridgehead atoms. The Balaban J connectivity index is 1.92. The van der Waals surface area contributed by atoms with Gasteiger partial charge in [0.05, 0.1) is 18.6 Å². The van der Waals surface area contributed by atoms with E-state index >= 15 is 0 Å². The van der Waals surface area contributed by atoms with Crippen LogP contribution in [0.1, 0.15) is 47.5 Å². The van der Waals surface area contributed by atoms with Crippen molar-refractivity contribution < 1.29 is 14.0 Å². The van der Waals surface area contributed by atoms with Gasteiger partial charge in [0.15, 0.2) is 12.1 Å². The third-order valence-electron chi connectivity index (χ3n) is 6.84. The van der Waals surface area contributed by atoms with Crippen LogP contribution in [0.5, 0.6) is 0 Å². The molecular weight excluding hydrogens is 469 g/mol. The van der Waals surface area contributed by atoms with Crippen molar-refractivity contribution >= 4 is 60.8 Å². The minimum Gasteiger partial charge on any atom is -0.413 e. The Morgan fingerprint density at radius 2 is 1.97 bits per heavy atom. The van der Waals surface area contributed by atoms with Crippen molar-refractivity contribution in [2.45, 2.75) is 80.4 Å². The van der Waals surface area contributed by atoms with E-state index in [9.17, 15) is 4.79 Å². The Labute approximate surface area is 195 Å². The number of β-lactam (4-membered cyclic amide) rings is 1. The highest BCUT2D eigenvalue weighted by molar-refractivity contribution is 8.04. The van der Waals surface area contributed by atoms with Gasteiger partial charge >= 0.3 is 0 Å². The lowest BCUT2D eigenvalue weighted by atomic mass is 9.80. The van der Waals surface area contributed by atoms with Gasteiger partial charge in [0.1, 0.15) is 4.87 Å². The van der Waals surface area contributed by atoms with Crippen molar-refractivity contribution in [1.82, 2.24) is 4.90 Å². The van der Waals surface area contributed by atoms with E-state index in [1.165, 1.54) is 4.91 Å². The molecule has 0 N–H and O–H groups in total. The molecule has 166 valence electrons. The van der Waals surface area contributed by atoms with Crippen molar-refractivity contribution in [3.8, 4) is 0 Å². The van der Waals surface area contributed by atoms with Crippen molar-refractivity contribution in [1.29, 1.82) is 0 Å². The molecule has 1 amide bonds. The highest BCUT2D eigenvalue weighted by Crippen LogP contribution is 2.65. The topological polar surface area (TPSA) is 38.8 Å². The van der Waals surface area contributed by atoms with Gasteiger partial charge in [-0.05, 0) is 38.4 Å². The summed E-state index contributed by atoms with van der Waals surface area (Å²) in [5.41, 5.74) is 0.987. The number of halogens is 3. The van der Waals surface area contributed by atoms with Crippen LogP contribution in [0.15, 0.2) is 10.6 Å². The Bertz CT molecular complexity index is 713. The Hall–Kier alpha value is 0.567. The first-order valence-electron chi connectivity index (χ1n) is 10.2. The second-order valence-corrected chi connectivity index (χ2v) is 18.6. The molecule has 0 aromatic carbocycles. The van der Waals surface area contributed by atoms with E-state index in [4.69, 9.17) is 44.0 Å². The molecule has 4 atom stereocenters. The predicted octanol–water partition coefficient (Wildman–Crippen LogP) is 6.33. The van der Waals surface area contributed by atoms with E-state index in [0.29, 0.717) is 12.5 Å². The SMILES string of the molecule is CC1=C(C2CCOC2)S[C@]2(CC(Cl)(Cl)Cl)[C@@H]([C@@H](C)O[Si](C)(C)C(C)(C)C)C(=O)N12. The lowest BCUT2D eigenvalue weighted by Gasteiger charge is -2.57. The lowest BCUT2D eigenvalue weighted by molar-refractivity contribution is -0.162. The molecule has 2 saturated heterocycles. The monoisotopic (exact) mass is 499 g/mol. The molecule has 3 heterocycles. The highest BCUT2D eigenvalue weighted by atomic mass is 35.6. The number of allylic oxidation sites excluding steroid dienone is 1. The third-order valence-corrected chi connectivity index (χ3v) is 13.6. The van der Waals surface area contributed by atoms with Gasteiger partial charge in [0.2, 0.25) is 5.91 Å². The van der Waals surface area contributed by atoms with Crippen LogP contribution in [0.4, 0.5) is 0 Å². The predicted molar refractivity (Wildman–Crippen MR) is 125 cm³/mol. The number of amides is 1. The summed E-state index contributed by atoms with van der Waals surface area (Å²) in [7, 11) is -2.05. The maximum atomic E-state index is 13.3. The zero-order valence-electron chi connectivity index (χ0n) is 18.3. The number of alkyl halides is 3. The van der Waals surface area contributed by atoms with Gasteiger partial charge in [-0.3, -0.25) is 9.69 Å². The summed E-state index contributed by atoms with van der Waals surface area (Å²) in [6.07, 6.45) is 0.990. The zero-order valence-corrected chi connectivity index (χ0v) is 22.4. The molecule has 0 aromatic rings. The molecule has 0 saturated carbocycles. The van der Waals surface area contributed by atoms with Crippen LogP contribution in [0.2, 0.25) is 18.1 Å². The molecule has 0 aliphatic carbocycles. The smallest absolute Gasteiger partial charge is 0.236 e. The Morgan fingerprint density at radius 3 is 2.45 bits per heavy atom. The highest BCUT2D eigenvalue weighted by Gasteiger charge is 2.69. The van der Waals surface area contributed by atoms with Crippen molar-refractivity contribution in [3.05, 3.63) is 10.6 Å². The molecule has 29 heavy (non-hydrogen) atoms. The quantitative estimate of drug-likeness (QED) is 0.251. The number of fused-ring (bicyclic) bond motifs is 1. The summed E-state index contributed by atoms with van der Waals surface area (Å²) in [4.78, 5) is 15.8. The number of nitrogens with zero attached hydrogens (tertiary/aromatic N) is 1. The second-order valence-electron chi connectivity index (χ2n) is 9.98. The zero-order chi connectivity index (χ0) is 22.0. The molecule has 1 unspecified atom stereocenters. The van der Waals surface area contributed by atoms with Crippen LogP contribution in [0.3, 0.4) is 0 Å². The number of ether oxygens (including phenoxy) is 1. The van der Waals surface area contributed by atoms with Crippen LogP contribution in [-0.2, 0) is 14.0 Å². The fourth-order valence-corrected chi connectivity index (χ4v) is 8.70. The van der Waals surface area contributed by atoms with Crippen molar-refractivity contribution in [3.63, 3.8) is 0 Å². The van der Waals surface area contributed by atoms with Gasteiger partial charge in [0, 0.05) is 29.5 Å². The number of rotatable bonds is 5. The molecule has 3 aliphatic heterocycles. The fourth-order valence-electron chi connectivity index (χ4n) is 4.43. The number of hydrogen-bond acceptors (Lipinski definition) is 4. The standard InChI is InChI=1S/C20H32Cl3NO3SSi/c1-12-16(14-8-9-26-10-14)28-19(11-20(21,22)23)15(17(25)24(12)19)13(2)27-29(6,7)18(3,4)5/h13-15H,8-11H2,1-7H3/t13-,14?,15+,19-/m1/s1. The second kappa shape index (κ2) is 7.86. The molecule has 4 nitrogen and oxygen atoms in total. The van der Waals surface area contributed by atoms with Crippen molar-refractivity contribution in [2.75, 3.05) is 13.2 Å². The summed E-state index contributed by atoms with van der Waals surface area (Å²) in [6, 6.07) is 0. The molecular formula is C20H32Cl3NO3SSi. The maximum Gasteiger partial charge on any atom is 0.236 e. The van der Waals surface area contributed by atoms with Gasteiger partial charge in [-0.2, -0.15) is 0 Å². The Morgan fingerprint density at radius 1 is 1.34 bits per heavy atom. The van der Waals surface area contributed by atoms with Gasteiger partial charge in [-0.25, -0.2) is 0 Å². The van der Waals surface area contributed by atoms with Crippen LogP contribution in [0, 0.1) is 11.8 Å². The van der Waals surface area contributed by atoms with Crippen LogP contribution in [0.25, 0.3) is 0 Å². The Kier molecular flexibility index (Phi) is 6.56. The average molecular weight is 501 g/mol. The maximum absolute atomic E-state index is 13.3.